The minimum Gasteiger partial charge on any atom is -0.462 e. The van der Waals surface area contributed by atoms with Gasteiger partial charge in [0.2, 0.25) is 0 Å². The zero-order valence-corrected chi connectivity index (χ0v) is 11.2. The molecule has 3 nitrogen and oxygen atoms in total. The van der Waals surface area contributed by atoms with Crippen LogP contribution in [0.25, 0.3) is 10.4 Å². The van der Waals surface area contributed by atoms with Gasteiger partial charge in [0.25, 0.3) is 0 Å². The van der Waals surface area contributed by atoms with E-state index in [0.29, 0.717) is 17.9 Å². The van der Waals surface area contributed by atoms with Gasteiger partial charge in [0, 0.05) is 10.4 Å². The van der Waals surface area contributed by atoms with Crippen molar-refractivity contribution in [3.63, 3.8) is 0 Å². The van der Waals surface area contributed by atoms with Crippen LogP contribution in [0, 0.1) is 6.92 Å². The third kappa shape index (κ3) is 2.24. The largest absolute Gasteiger partial charge is 0.462 e. The van der Waals surface area contributed by atoms with Crippen LogP contribution in [0.3, 0.4) is 0 Å². The summed E-state index contributed by atoms with van der Waals surface area (Å²) in [4.78, 5) is 13.0. The standard InChI is InChI=1S/C14H15NO2S/c1-3-17-14(16)12-9(2)6-7-10(13(12)15)11-5-4-8-18-11/h4-8H,3,15H2,1-2H3. The van der Waals surface area contributed by atoms with Crippen molar-refractivity contribution in [2.24, 2.45) is 0 Å². The quantitative estimate of drug-likeness (QED) is 0.679. The zero-order chi connectivity index (χ0) is 13.1. The Morgan fingerprint density at radius 2 is 2.17 bits per heavy atom. The van der Waals surface area contributed by atoms with Gasteiger partial charge in [-0.15, -0.1) is 11.3 Å². The highest BCUT2D eigenvalue weighted by Crippen LogP contribution is 2.33. The highest BCUT2D eigenvalue weighted by atomic mass is 32.1. The summed E-state index contributed by atoms with van der Waals surface area (Å²) in [6.07, 6.45) is 0. The number of anilines is 1. The second-order valence-corrected chi connectivity index (χ2v) is 4.86. The molecule has 2 rings (SSSR count). The summed E-state index contributed by atoms with van der Waals surface area (Å²) >= 11 is 1.60. The second-order valence-electron chi connectivity index (χ2n) is 3.92. The van der Waals surface area contributed by atoms with Crippen LogP contribution in [0.5, 0.6) is 0 Å². The maximum absolute atomic E-state index is 11.9. The van der Waals surface area contributed by atoms with Gasteiger partial charge in [-0.1, -0.05) is 18.2 Å². The Balaban J connectivity index is 2.53. The summed E-state index contributed by atoms with van der Waals surface area (Å²) in [5, 5.41) is 1.98. The molecule has 0 bridgehead atoms. The molecule has 0 atom stereocenters. The SMILES string of the molecule is CCOC(=O)c1c(C)ccc(-c2cccs2)c1N. The van der Waals surface area contributed by atoms with Crippen molar-refractivity contribution in [3.05, 3.63) is 40.8 Å². The molecule has 0 spiro atoms. The van der Waals surface area contributed by atoms with E-state index < -0.39 is 0 Å². The molecule has 18 heavy (non-hydrogen) atoms. The number of benzene rings is 1. The van der Waals surface area contributed by atoms with E-state index in [0.717, 1.165) is 16.0 Å². The lowest BCUT2D eigenvalue weighted by molar-refractivity contribution is 0.0527. The van der Waals surface area contributed by atoms with Crippen LogP contribution < -0.4 is 5.73 Å². The number of nitrogen functional groups attached to an aromatic ring is 1. The number of esters is 1. The molecule has 0 unspecified atom stereocenters. The van der Waals surface area contributed by atoms with E-state index in [2.05, 4.69) is 0 Å². The number of carbonyl (C=O) groups is 1. The molecule has 0 fully saturated rings. The first-order valence-electron chi connectivity index (χ1n) is 5.75. The van der Waals surface area contributed by atoms with E-state index in [-0.39, 0.29) is 5.97 Å². The van der Waals surface area contributed by atoms with Crippen LogP contribution in [-0.2, 0) is 4.74 Å². The molecule has 4 heteroatoms. The van der Waals surface area contributed by atoms with E-state index in [1.807, 2.05) is 36.6 Å². The first-order chi connectivity index (χ1) is 8.65. The lowest BCUT2D eigenvalue weighted by Crippen LogP contribution is -2.10. The molecular weight excluding hydrogens is 246 g/mol. The molecule has 94 valence electrons. The maximum Gasteiger partial charge on any atom is 0.340 e. The zero-order valence-electron chi connectivity index (χ0n) is 10.4. The minimum atomic E-state index is -0.356. The smallest absolute Gasteiger partial charge is 0.340 e. The maximum atomic E-state index is 11.9. The van der Waals surface area contributed by atoms with Crippen LogP contribution in [0.4, 0.5) is 5.69 Å². The van der Waals surface area contributed by atoms with Crippen LogP contribution in [0.15, 0.2) is 29.6 Å². The monoisotopic (exact) mass is 261 g/mol. The van der Waals surface area contributed by atoms with Gasteiger partial charge in [-0.3, -0.25) is 0 Å². The number of hydrogen-bond donors (Lipinski definition) is 1. The van der Waals surface area contributed by atoms with Crippen molar-refractivity contribution in [2.75, 3.05) is 12.3 Å². The molecule has 0 aliphatic heterocycles. The average Bonchev–Trinajstić information content (AvgIpc) is 2.83. The minimum absolute atomic E-state index is 0.348. The number of thiophene rings is 1. The number of carbonyl (C=O) groups excluding carboxylic acids is 1. The molecule has 1 aromatic carbocycles. The number of rotatable bonds is 3. The van der Waals surface area contributed by atoms with Crippen molar-refractivity contribution < 1.29 is 9.53 Å². The fourth-order valence-electron chi connectivity index (χ4n) is 1.85. The Hall–Kier alpha value is -1.81. The van der Waals surface area contributed by atoms with Crippen molar-refractivity contribution in [2.45, 2.75) is 13.8 Å². The molecule has 0 amide bonds. The van der Waals surface area contributed by atoms with E-state index in [9.17, 15) is 4.79 Å². The van der Waals surface area contributed by atoms with Crippen LogP contribution in [-0.4, -0.2) is 12.6 Å². The molecule has 2 N–H and O–H groups in total. The molecule has 2 aromatic rings. The molecular formula is C14H15NO2S. The molecule has 1 heterocycles. The van der Waals surface area contributed by atoms with E-state index in [1.165, 1.54) is 0 Å². The fraction of sp³-hybridized carbons (Fsp3) is 0.214. The lowest BCUT2D eigenvalue weighted by Gasteiger charge is -2.12. The molecule has 0 aliphatic carbocycles. The van der Waals surface area contributed by atoms with E-state index >= 15 is 0 Å². The van der Waals surface area contributed by atoms with Crippen LogP contribution in [0.1, 0.15) is 22.8 Å². The molecule has 0 saturated carbocycles. The third-order valence-corrected chi connectivity index (χ3v) is 3.62. The molecule has 0 radical (unpaired) electrons. The predicted molar refractivity (Wildman–Crippen MR) is 74.9 cm³/mol. The first-order valence-corrected chi connectivity index (χ1v) is 6.63. The number of hydrogen-bond acceptors (Lipinski definition) is 4. The van der Waals surface area contributed by atoms with Gasteiger partial charge in [-0.25, -0.2) is 4.79 Å². The van der Waals surface area contributed by atoms with Crippen molar-refractivity contribution in [1.82, 2.24) is 0 Å². The summed E-state index contributed by atoms with van der Waals surface area (Å²) < 4.78 is 5.05. The highest BCUT2D eigenvalue weighted by Gasteiger charge is 2.17. The normalized spacial score (nSPS) is 10.3. The van der Waals surface area contributed by atoms with Gasteiger partial charge >= 0.3 is 5.97 Å². The topological polar surface area (TPSA) is 52.3 Å². The molecule has 0 aliphatic rings. The van der Waals surface area contributed by atoms with Gasteiger partial charge < -0.3 is 10.5 Å². The van der Waals surface area contributed by atoms with E-state index in [1.54, 1.807) is 18.3 Å². The summed E-state index contributed by atoms with van der Waals surface area (Å²) in [5.74, 6) is -0.356. The highest BCUT2D eigenvalue weighted by molar-refractivity contribution is 7.13. The molecule has 1 aromatic heterocycles. The van der Waals surface area contributed by atoms with E-state index in [4.69, 9.17) is 10.5 Å². The predicted octanol–water partition coefficient (Wildman–Crippen LogP) is 3.48. The number of nitrogens with two attached hydrogens (primary N) is 1. The van der Waals surface area contributed by atoms with Crippen molar-refractivity contribution in [1.29, 1.82) is 0 Å². The Morgan fingerprint density at radius 1 is 1.39 bits per heavy atom. The van der Waals surface area contributed by atoms with Crippen molar-refractivity contribution in [3.8, 4) is 10.4 Å². The Bertz CT molecular complexity index is 561. The fourth-order valence-corrected chi connectivity index (χ4v) is 2.62. The van der Waals surface area contributed by atoms with Gasteiger partial charge in [-0.05, 0) is 30.9 Å². The first kappa shape index (κ1) is 12.6. The third-order valence-electron chi connectivity index (χ3n) is 2.72. The number of ether oxygens (including phenoxy) is 1. The Labute approximate surface area is 110 Å². The Kier molecular flexibility index (Phi) is 3.67. The summed E-state index contributed by atoms with van der Waals surface area (Å²) in [7, 11) is 0. The Morgan fingerprint density at radius 3 is 2.78 bits per heavy atom. The van der Waals surface area contributed by atoms with Crippen molar-refractivity contribution >= 4 is 23.0 Å². The van der Waals surface area contributed by atoms with Crippen LogP contribution >= 0.6 is 11.3 Å². The summed E-state index contributed by atoms with van der Waals surface area (Å²) in [6.45, 7) is 3.99. The average molecular weight is 261 g/mol. The number of aryl methyl sites for hydroxylation is 1. The molecule has 0 saturated heterocycles. The van der Waals surface area contributed by atoms with Gasteiger partial charge in [0.05, 0.1) is 17.9 Å². The van der Waals surface area contributed by atoms with Crippen LogP contribution in [0.2, 0.25) is 0 Å². The lowest BCUT2D eigenvalue weighted by atomic mass is 10.0. The summed E-state index contributed by atoms with van der Waals surface area (Å²) in [5.41, 5.74) is 8.81. The van der Waals surface area contributed by atoms with Gasteiger partial charge in [-0.2, -0.15) is 0 Å². The van der Waals surface area contributed by atoms with Gasteiger partial charge in [0.15, 0.2) is 0 Å². The van der Waals surface area contributed by atoms with Gasteiger partial charge in [0.1, 0.15) is 0 Å². The second kappa shape index (κ2) is 5.23. The summed E-state index contributed by atoms with van der Waals surface area (Å²) in [6, 6.07) is 7.79.